The van der Waals surface area contributed by atoms with Crippen LogP contribution in [0.15, 0.2) is 71.5 Å². The number of rotatable bonds is 7. The maximum atomic E-state index is 14.1. The van der Waals surface area contributed by atoms with Gasteiger partial charge < -0.3 is 14.0 Å². The molecule has 0 unspecified atom stereocenters. The molecule has 0 saturated heterocycles. The Bertz CT molecular complexity index is 1390. The van der Waals surface area contributed by atoms with Crippen LogP contribution in [0.2, 0.25) is 0 Å². The highest BCUT2D eigenvalue weighted by atomic mass is 19.1. The van der Waals surface area contributed by atoms with Crippen LogP contribution >= 0.6 is 0 Å². The normalized spacial score (nSPS) is 10.9. The number of ketones is 1. The maximum absolute atomic E-state index is 14.1. The lowest BCUT2D eigenvalue weighted by Gasteiger charge is -2.19. The minimum Gasteiger partial charge on any atom is -0.490 e. The van der Waals surface area contributed by atoms with Crippen LogP contribution in [0.1, 0.15) is 22.8 Å². The highest BCUT2D eigenvalue weighted by Gasteiger charge is 2.20. The van der Waals surface area contributed by atoms with Gasteiger partial charge >= 0.3 is 0 Å². The highest BCUT2D eigenvalue weighted by Crippen LogP contribution is 2.33. The molecule has 1 heterocycles. The average Bonchev–Trinajstić information content (AvgIpc) is 2.82. The fraction of sp³-hybridized carbons (Fsp3) is 0.185. The molecule has 0 fully saturated rings. The van der Waals surface area contributed by atoms with E-state index in [0.29, 0.717) is 28.0 Å². The number of carbonyl (C=O) groups excluding carboxylic acids is 1. The molecule has 1 aromatic heterocycles. The molecule has 6 heteroatoms. The molecule has 0 N–H and O–H groups in total. The number of aromatic nitrogens is 1. The predicted octanol–water partition coefficient (Wildman–Crippen LogP) is 5.31. The number of nitrogens with zero attached hydrogens (tertiary/aromatic N) is 1. The number of para-hydroxylation sites is 1. The summed E-state index contributed by atoms with van der Waals surface area (Å²) >= 11 is 0. The van der Waals surface area contributed by atoms with Crippen molar-refractivity contribution in [2.45, 2.75) is 13.8 Å². The fourth-order valence-electron chi connectivity index (χ4n) is 3.84. The molecular weight excluding hydrogens is 421 g/mol. The standard InChI is InChI=1S/C27H24FNO4/c1-17-8-11-20(28)16-23(17)25-27(26(31)22-6-4-5-7-24(22)29(25)3)33-15-14-32-21-12-9-19(10-13-21)18(2)30/h4-13,16H,14-15H2,1-3H3. The molecule has 5 nitrogen and oxygen atoms in total. The Balaban J connectivity index is 1.66. The van der Waals surface area contributed by atoms with E-state index in [1.165, 1.54) is 19.1 Å². The Morgan fingerprint density at radius 1 is 0.970 bits per heavy atom. The van der Waals surface area contributed by atoms with Gasteiger partial charge in [0.2, 0.25) is 5.43 Å². The molecule has 3 aromatic carbocycles. The van der Waals surface area contributed by atoms with E-state index in [2.05, 4.69) is 0 Å². The van der Waals surface area contributed by atoms with Crippen LogP contribution in [-0.4, -0.2) is 23.6 Å². The van der Waals surface area contributed by atoms with Gasteiger partial charge in [-0.3, -0.25) is 9.59 Å². The number of pyridine rings is 1. The quantitative estimate of drug-likeness (QED) is 0.286. The van der Waals surface area contributed by atoms with Crippen molar-refractivity contribution in [3.05, 3.63) is 93.9 Å². The first-order chi connectivity index (χ1) is 15.9. The Labute approximate surface area is 191 Å². The van der Waals surface area contributed by atoms with Crippen LogP contribution in [0.4, 0.5) is 4.39 Å². The van der Waals surface area contributed by atoms with Gasteiger partial charge in [0, 0.05) is 23.6 Å². The molecular formula is C27H24FNO4. The topological polar surface area (TPSA) is 57.5 Å². The Hall–Kier alpha value is -3.93. The number of ether oxygens (including phenoxy) is 2. The highest BCUT2D eigenvalue weighted by molar-refractivity contribution is 5.94. The monoisotopic (exact) mass is 445 g/mol. The third kappa shape index (κ3) is 4.51. The summed E-state index contributed by atoms with van der Waals surface area (Å²) in [5.41, 5.74) is 3.02. The third-order valence-electron chi connectivity index (χ3n) is 5.58. The zero-order chi connectivity index (χ0) is 23.5. The summed E-state index contributed by atoms with van der Waals surface area (Å²) in [4.78, 5) is 24.7. The minimum absolute atomic E-state index is 0.0165. The average molecular weight is 445 g/mol. The van der Waals surface area contributed by atoms with Crippen molar-refractivity contribution < 1.29 is 18.7 Å². The summed E-state index contributed by atoms with van der Waals surface area (Å²) in [6.07, 6.45) is 0. The lowest BCUT2D eigenvalue weighted by Crippen LogP contribution is -2.19. The number of aryl methyl sites for hydroxylation is 2. The van der Waals surface area contributed by atoms with Crippen LogP contribution in [0.25, 0.3) is 22.2 Å². The summed E-state index contributed by atoms with van der Waals surface area (Å²) in [5.74, 6) is 0.341. The van der Waals surface area contributed by atoms with Crippen LogP contribution in [0, 0.1) is 12.7 Å². The van der Waals surface area contributed by atoms with Crippen molar-refractivity contribution in [3.8, 4) is 22.8 Å². The van der Waals surface area contributed by atoms with Crippen LogP contribution in [0.3, 0.4) is 0 Å². The molecule has 0 aliphatic rings. The third-order valence-corrected chi connectivity index (χ3v) is 5.58. The summed E-state index contributed by atoms with van der Waals surface area (Å²) in [6, 6.07) is 18.6. The number of halogens is 1. The van der Waals surface area contributed by atoms with Gasteiger partial charge in [0.1, 0.15) is 24.8 Å². The Morgan fingerprint density at radius 3 is 2.39 bits per heavy atom. The molecule has 0 aliphatic carbocycles. The van der Waals surface area contributed by atoms with Crippen molar-refractivity contribution in [3.63, 3.8) is 0 Å². The van der Waals surface area contributed by atoms with E-state index in [9.17, 15) is 14.0 Å². The van der Waals surface area contributed by atoms with Gasteiger partial charge in [-0.2, -0.15) is 0 Å². The van der Waals surface area contributed by atoms with Crippen LogP contribution in [0.5, 0.6) is 11.5 Å². The van der Waals surface area contributed by atoms with Gasteiger partial charge in [0.05, 0.1) is 11.2 Å². The zero-order valence-corrected chi connectivity index (χ0v) is 18.7. The summed E-state index contributed by atoms with van der Waals surface area (Å²) in [6.45, 7) is 3.68. The summed E-state index contributed by atoms with van der Waals surface area (Å²) < 4.78 is 27.6. The Morgan fingerprint density at radius 2 is 1.67 bits per heavy atom. The predicted molar refractivity (Wildman–Crippen MR) is 127 cm³/mol. The molecule has 0 bridgehead atoms. The Kier molecular flexibility index (Phi) is 6.27. The van der Waals surface area contributed by atoms with Gasteiger partial charge in [0.25, 0.3) is 0 Å². The SMILES string of the molecule is CC(=O)c1ccc(OCCOc2c(-c3cc(F)ccc3C)n(C)c3ccccc3c2=O)cc1. The van der Waals surface area contributed by atoms with E-state index < -0.39 is 0 Å². The second-order valence-corrected chi connectivity index (χ2v) is 7.82. The van der Waals surface area contributed by atoms with Crippen LogP contribution < -0.4 is 14.9 Å². The van der Waals surface area contributed by atoms with Crippen molar-refractivity contribution in [1.29, 1.82) is 0 Å². The number of Topliss-reactive ketones (excluding diaryl/α,β-unsaturated/α-hetero) is 1. The molecule has 0 saturated carbocycles. The molecule has 0 radical (unpaired) electrons. The van der Waals surface area contributed by atoms with Crippen molar-refractivity contribution in [2.24, 2.45) is 7.05 Å². The minimum atomic E-state index is -0.389. The summed E-state index contributed by atoms with van der Waals surface area (Å²) in [7, 11) is 1.83. The van der Waals surface area contributed by atoms with E-state index >= 15 is 0 Å². The lowest BCUT2D eigenvalue weighted by molar-refractivity contribution is 0.101. The van der Waals surface area contributed by atoms with Crippen LogP contribution in [-0.2, 0) is 7.05 Å². The second-order valence-electron chi connectivity index (χ2n) is 7.82. The molecule has 0 aliphatic heterocycles. The second kappa shape index (κ2) is 9.28. The molecule has 168 valence electrons. The molecule has 33 heavy (non-hydrogen) atoms. The number of hydrogen-bond acceptors (Lipinski definition) is 4. The number of fused-ring (bicyclic) bond motifs is 1. The maximum Gasteiger partial charge on any atom is 0.231 e. The fourth-order valence-corrected chi connectivity index (χ4v) is 3.84. The number of benzene rings is 3. The van der Waals surface area contributed by atoms with Gasteiger partial charge in [-0.1, -0.05) is 18.2 Å². The molecule has 0 spiro atoms. The van der Waals surface area contributed by atoms with E-state index in [-0.39, 0.29) is 36.0 Å². The first kappa shape index (κ1) is 22.3. The lowest BCUT2D eigenvalue weighted by atomic mass is 10.0. The molecule has 4 rings (SSSR count). The largest absolute Gasteiger partial charge is 0.490 e. The molecule has 0 atom stereocenters. The van der Waals surface area contributed by atoms with Crippen molar-refractivity contribution >= 4 is 16.7 Å². The number of hydrogen-bond donors (Lipinski definition) is 0. The van der Waals surface area contributed by atoms with E-state index in [4.69, 9.17) is 9.47 Å². The molecule has 0 amide bonds. The van der Waals surface area contributed by atoms with Gasteiger partial charge in [-0.15, -0.1) is 0 Å². The smallest absolute Gasteiger partial charge is 0.231 e. The van der Waals surface area contributed by atoms with Gasteiger partial charge in [0.15, 0.2) is 11.5 Å². The van der Waals surface area contributed by atoms with E-state index in [1.54, 1.807) is 42.5 Å². The first-order valence-corrected chi connectivity index (χ1v) is 10.6. The van der Waals surface area contributed by atoms with E-state index in [0.717, 1.165) is 11.1 Å². The molecule has 4 aromatic rings. The summed E-state index contributed by atoms with van der Waals surface area (Å²) in [5, 5.41) is 0.522. The zero-order valence-electron chi connectivity index (χ0n) is 18.7. The van der Waals surface area contributed by atoms with E-state index in [1.807, 2.05) is 30.7 Å². The van der Waals surface area contributed by atoms with Crippen molar-refractivity contribution in [1.82, 2.24) is 4.57 Å². The number of carbonyl (C=O) groups is 1. The first-order valence-electron chi connectivity index (χ1n) is 10.6. The van der Waals surface area contributed by atoms with Gasteiger partial charge in [-0.25, -0.2) is 4.39 Å². The van der Waals surface area contributed by atoms with Gasteiger partial charge in [-0.05, 0) is 67.9 Å². The van der Waals surface area contributed by atoms with Crippen molar-refractivity contribution in [2.75, 3.05) is 13.2 Å².